The lowest BCUT2D eigenvalue weighted by atomic mass is 10.1. The van der Waals surface area contributed by atoms with Crippen molar-refractivity contribution < 1.29 is 13.2 Å². The molecule has 3 N–H and O–H groups in total. The van der Waals surface area contributed by atoms with E-state index in [0.29, 0.717) is 5.69 Å². The van der Waals surface area contributed by atoms with E-state index in [1.54, 1.807) is 38.4 Å². The highest BCUT2D eigenvalue weighted by atomic mass is 32.2. The van der Waals surface area contributed by atoms with E-state index >= 15 is 0 Å². The van der Waals surface area contributed by atoms with Crippen LogP contribution in [0.5, 0.6) is 0 Å². The van der Waals surface area contributed by atoms with Crippen molar-refractivity contribution in [1.29, 1.82) is 0 Å². The normalized spacial score (nSPS) is 11.0. The number of hydrogen-bond donors (Lipinski definition) is 2. The number of hydrogen-bond acceptors (Lipinski definition) is 3. The summed E-state index contributed by atoms with van der Waals surface area (Å²) >= 11 is 0. The van der Waals surface area contributed by atoms with E-state index in [0.717, 1.165) is 5.56 Å². The third-order valence-electron chi connectivity index (χ3n) is 2.07. The van der Waals surface area contributed by atoms with Crippen molar-refractivity contribution in [3.8, 4) is 0 Å². The Labute approximate surface area is 101 Å². The number of carbonyl (C=O) groups excluding carboxylic acids is 1. The molecular formula is C10H15N3O3S. The van der Waals surface area contributed by atoms with E-state index in [4.69, 9.17) is 5.14 Å². The quantitative estimate of drug-likeness (QED) is 0.791. The van der Waals surface area contributed by atoms with Crippen LogP contribution in [0.3, 0.4) is 0 Å². The van der Waals surface area contributed by atoms with Gasteiger partial charge in [-0.3, -0.25) is 9.52 Å². The minimum absolute atomic E-state index is 0.0165. The second kappa shape index (κ2) is 5.15. The van der Waals surface area contributed by atoms with Gasteiger partial charge in [0.05, 0.1) is 6.42 Å². The maximum Gasteiger partial charge on any atom is 0.296 e. The van der Waals surface area contributed by atoms with Gasteiger partial charge in [-0.15, -0.1) is 0 Å². The van der Waals surface area contributed by atoms with Crippen molar-refractivity contribution >= 4 is 21.8 Å². The molecule has 6 nitrogen and oxygen atoms in total. The molecule has 1 aromatic rings. The zero-order chi connectivity index (χ0) is 13.1. The lowest BCUT2D eigenvalue weighted by Crippen LogP contribution is -2.23. The van der Waals surface area contributed by atoms with Crippen LogP contribution in [-0.4, -0.2) is 33.3 Å². The van der Waals surface area contributed by atoms with Crippen LogP contribution in [0.1, 0.15) is 5.56 Å². The fourth-order valence-electron chi connectivity index (χ4n) is 1.19. The van der Waals surface area contributed by atoms with E-state index in [2.05, 4.69) is 4.72 Å². The van der Waals surface area contributed by atoms with Gasteiger partial charge in [-0.05, 0) is 17.7 Å². The lowest BCUT2D eigenvalue weighted by molar-refractivity contribution is -0.127. The molecule has 1 amide bonds. The summed E-state index contributed by atoms with van der Waals surface area (Å²) in [7, 11) is -0.392. The molecule has 0 aromatic heterocycles. The summed E-state index contributed by atoms with van der Waals surface area (Å²) < 4.78 is 23.7. The molecule has 0 aliphatic rings. The van der Waals surface area contributed by atoms with Crippen molar-refractivity contribution in [3.05, 3.63) is 29.8 Å². The molecule has 0 heterocycles. The van der Waals surface area contributed by atoms with Crippen molar-refractivity contribution in [2.75, 3.05) is 18.8 Å². The fourth-order valence-corrected chi connectivity index (χ4v) is 1.65. The molecule has 0 fully saturated rings. The Kier molecular flexibility index (Phi) is 4.08. The maximum absolute atomic E-state index is 11.4. The molecular weight excluding hydrogens is 242 g/mol. The fraction of sp³-hybridized carbons (Fsp3) is 0.300. The van der Waals surface area contributed by atoms with Crippen molar-refractivity contribution in [3.63, 3.8) is 0 Å². The Hall–Kier alpha value is -1.60. The number of benzene rings is 1. The average molecular weight is 257 g/mol. The molecule has 0 bridgehead atoms. The first-order valence-corrected chi connectivity index (χ1v) is 6.42. The molecule has 0 spiro atoms. The first-order valence-electron chi connectivity index (χ1n) is 4.87. The second-order valence-corrected chi connectivity index (χ2v) is 5.10. The van der Waals surface area contributed by atoms with Crippen LogP contribution in [-0.2, 0) is 21.4 Å². The topological polar surface area (TPSA) is 92.5 Å². The largest absolute Gasteiger partial charge is 0.349 e. The van der Waals surface area contributed by atoms with Crippen LogP contribution in [0.2, 0.25) is 0 Å². The summed E-state index contributed by atoms with van der Waals surface area (Å²) in [5.74, 6) is -0.0165. The summed E-state index contributed by atoms with van der Waals surface area (Å²) in [5.41, 5.74) is 1.18. The summed E-state index contributed by atoms with van der Waals surface area (Å²) in [6.07, 6.45) is 0.280. The summed E-state index contributed by atoms with van der Waals surface area (Å²) in [5, 5.41) is 4.83. The number of likely N-dealkylation sites (N-methyl/N-ethyl adjacent to an activating group) is 1. The molecule has 0 saturated carbocycles. The average Bonchev–Trinajstić information content (AvgIpc) is 2.18. The standard InChI is InChI=1S/C10H15N3O3S/c1-13(2)10(14)7-8-3-5-9(6-4-8)12-17(11,15)16/h3-6,12H,7H2,1-2H3,(H2,11,15,16). The molecule has 0 atom stereocenters. The zero-order valence-corrected chi connectivity index (χ0v) is 10.5. The van der Waals surface area contributed by atoms with Crippen LogP contribution in [0.15, 0.2) is 24.3 Å². The lowest BCUT2D eigenvalue weighted by Gasteiger charge is -2.10. The van der Waals surface area contributed by atoms with Crippen LogP contribution >= 0.6 is 0 Å². The second-order valence-electron chi connectivity index (χ2n) is 3.81. The van der Waals surface area contributed by atoms with Crippen LogP contribution in [0.25, 0.3) is 0 Å². The first-order chi connectivity index (χ1) is 7.78. The number of rotatable bonds is 4. The highest BCUT2D eigenvalue weighted by Gasteiger charge is 2.06. The Morgan fingerprint density at radius 3 is 2.24 bits per heavy atom. The molecule has 0 aliphatic carbocycles. The van der Waals surface area contributed by atoms with Gasteiger partial charge in [0, 0.05) is 19.8 Å². The summed E-state index contributed by atoms with van der Waals surface area (Å²) in [4.78, 5) is 12.9. The molecule has 17 heavy (non-hydrogen) atoms. The van der Waals surface area contributed by atoms with Gasteiger partial charge in [0.25, 0.3) is 10.2 Å². The Morgan fingerprint density at radius 1 is 1.29 bits per heavy atom. The van der Waals surface area contributed by atoms with Gasteiger partial charge in [-0.25, -0.2) is 5.14 Å². The van der Waals surface area contributed by atoms with Crippen LogP contribution < -0.4 is 9.86 Å². The Bertz CT molecular complexity index is 494. The predicted octanol–water partition coefficient (Wildman–Crippen LogP) is -0.0673. The first kappa shape index (κ1) is 13.5. The molecule has 0 aliphatic heterocycles. The minimum atomic E-state index is -3.75. The van der Waals surface area contributed by atoms with E-state index in [-0.39, 0.29) is 12.3 Å². The Balaban J connectivity index is 2.72. The number of nitrogens with two attached hydrogens (primary N) is 1. The molecule has 94 valence electrons. The van der Waals surface area contributed by atoms with Gasteiger partial charge >= 0.3 is 0 Å². The SMILES string of the molecule is CN(C)C(=O)Cc1ccc(NS(N)(=O)=O)cc1. The van der Waals surface area contributed by atoms with Gasteiger partial charge in [0.1, 0.15) is 0 Å². The molecule has 1 aromatic carbocycles. The number of carbonyl (C=O) groups is 1. The van der Waals surface area contributed by atoms with E-state index in [1.165, 1.54) is 4.90 Å². The highest BCUT2D eigenvalue weighted by Crippen LogP contribution is 2.11. The van der Waals surface area contributed by atoms with Gasteiger partial charge in [-0.1, -0.05) is 12.1 Å². The smallest absolute Gasteiger partial charge is 0.296 e. The number of nitrogens with zero attached hydrogens (tertiary/aromatic N) is 1. The van der Waals surface area contributed by atoms with Gasteiger partial charge < -0.3 is 4.90 Å². The highest BCUT2D eigenvalue weighted by molar-refractivity contribution is 7.90. The monoisotopic (exact) mass is 257 g/mol. The molecule has 7 heteroatoms. The third-order valence-corrected chi connectivity index (χ3v) is 2.59. The van der Waals surface area contributed by atoms with E-state index in [1.807, 2.05) is 0 Å². The number of anilines is 1. The van der Waals surface area contributed by atoms with Gasteiger partial charge in [0.15, 0.2) is 0 Å². The van der Waals surface area contributed by atoms with Crippen LogP contribution in [0, 0.1) is 0 Å². The van der Waals surface area contributed by atoms with Crippen molar-refractivity contribution in [2.24, 2.45) is 5.14 Å². The Morgan fingerprint density at radius 2 is 1.82 bits per heavy atom. The number of amides is 1. The van der Waals surface area contributed by atoms with Gasteiger partial charge in [0.2, 0.25) is 5.91 Å². The number of nitrogens with one attached hydrogen (secondary N) is 1. The van der Waals surface area contributed by atoms with E-state index < -0.39 is 10.2 Å². The molecule has 1 rings (SSSR count). The van der Waals surface area contributed by atoms with Gasteiger partial charge in [-0.2, -0.15) is 8.42 Å². The maximum atomic E-state index is 11.4. The molecule has 0 saturated heterocycles. The third kappa shape index (κ3) is 4.83. The summed E-state index contributed by atoms with van der Waals surface area (Å²) in [6, 6.07) is 6.47. The van der Waals surface area contributed by atoms with Crippen molar-refractivity contribution in [1.82, 2.24) is 4.90 Å². The summed E-state index contributed by atoms with van der Waals surface area (Å²) in [6.45, 7) is 0. The predicted molar refractivity (Wildman–Crippen MR) is 65.6 cm³/mol. The minimum Gasteiger partial charge on any atom is -0.349 e. The zero-order valence-electron chi connectivity index (χ0n) is 9.67. The van der Waals surface area contributed by atoms with Crippen LogP contribution in [0.4, 0.5) is 5.69 Å². The molecule has 0 unspecified atom stereocenters. The van der Waals surface area contributed by atoms with Crippen molar-refractivity contribution in [2.45, 2.75) is 6.42 Å². The molecule has 0 radical (unpaired) electrons. The van der Waals surface area contributed by atoms with E-state index in [9.17, 15) is 13.2 Å².